The van der Waals surface area contributed by atoms with Crippen molar-refractivity contribution in [2.75, 3.05) is 32.7 Å². The second-order valence-electron chi connectivity index (χ2n) is 9.45. The molecular weight excluding hydrogens is 414 g/mol. The third-order valence-electron chi connectivity index (χ3n) is 6.26. The number of likely N-dealkylation sites (tertiary alicyclic amines) is 1. The van der Waals surface area contributed by atoms with E-state index in [2.05, 4.69) is 24.1 Å². The van der Waals surface area contributed by atoms with Gasteiger partial charge in [0, 0.05) is 43.3 Å². The van der Waals surface area contributed by atoms with Gasteiger partial charge >= 0.3 is 0 Å². The number of nitrogens with zero attached hydrogens (tertiary/aromatic N) is 2. The zero-order valence-electron chi connectivity index (χ0n) is 19.1. The number of hydrogen-bond donors (Lipinski definition) is 1. The largest absolute Gasteiger partial charge is 0.373 e. The minimum atomic E-state index is -0.527. The van der Waals surface area contributed by atoms with Gasteiger partial charge in [-0.05, 0) is 62.8 Å². The number of benzene rings is 1. The normalized spacial score (nSPS) is 24.3. The highest BCUT2D eigenvalue weighted by molar-refractivity contribution is 6.30. The number of amides is 2. The maximum absolute atomic E-state index is 13.2. The molecular formula is C24H36ClN3O3. The van der Waals surface area contributed by atoms with Crippen LogP contribution in [0.3, 0.4) is 0 Å². The van der Waals surface area contributed by atoms with Crippen molar-refractivity contribution in [1.82, 2.24) is 15.1 Å². The van der Waals surface area contributed by atoms with Gasteiger partial charge in [0.25, 0.3) is 5.91 Å². The van der Waals surface area contributed by atoms with Gasteiger partial charge in [-0.25, -0.2) is 0 Å². The van der Waals surface area contributed by atoms with Crippen LogP contribution in [0.5, 0.6) is 0 Å². The summed E-state index contributed by atoms with van der Waals surface area (Å²) in [7, 11) is 0. The van der Waals surface area contributed by atoms with E-state index in [1.54, 1.807) is 24.3 Å². The molecule has 2 heterocycles. The highest BCUT2D eigenvalue weighted by Crippen LogP contribution is 2.22. The van der Waals surface area contributed by atoms with Gasteiger partial charge in [-0.1, -0.05) is 25.4 Å². The van der Waals surface area contributed by atoms with Gasteiger partial charge in [0.15, 0.2) is 0 Å². The highest BCUT2D eigenvalue weighted by Gasteiger charge is 2.32. The van der Waals surface area contributed by atoms with Crippen molar-refractivity contribution in [1.29, 1.82) is 0 Å². The maximum atomic E-state index is 13.2. The van der Waals surface area contributed by atoms with Gasteiger partial charge in [0.2, 0.25) is 5.91 Å². The van der Waals surface area contributed by atoms with Gasteiger partial charge in [-0.2, -0.15) is 0 Å². The molecule has 1 N–H and O–H groups in total. The van der Waals surface area contributed by atoms with E-state index < -0.39 is 6.04 Å². The first-order chi connectivity index (χ1) is 14.7. The summed E-state index contributed by atoms with van der Waals surface area (Å²) in [5.41, 5.74) is 0.510. The van der Waals surface area contributed by atoms with Crippen molar-refractivity contribution in [2.24, 2.45) is 11.8 Å². The van der Waals surface area contributed by atoms with Crippen LogP contribution in [0.15, 0.2) is 24.3 Å². The molecule has 2 fully saturated rings. The molecule has 0 aliphatic carbocycles. The van der Waals surface area contributed by atoms with Crippen LogP contribution in [0.25, 0.3) is 0 Å². The molecule has 2 saturated heterocycles. The van der Waals surface area contributed by atoms with Crippen LogP contribution >= 0.6 is 11.6 Å². The third-order valence-corrected chi connectivity index (χ3v) is 6.52. The molecule has 0 spiro atoms. The molecule has 6 nitrogen and oxygen atoms in total. The number of morpholine rings is 1. The lowest BCUT2D eigenvalue weighted by atomic mass is 9.94. The lowest BCUT2D eigenvalue weighted by Gasteiger charge is -2.40. The molecule has 0 bridgehead atoms. The van der Waals surface area contributed by atoms with Crippen LogP contribution < -0.4 is 5.32 Å². The molecule has 2 aliphatic rings. The predicted octanol–water partition coefficient (Wildman–Crippen LogP) is 3.44. The van der Waals surface area contributed by atoms with Crippen LogP contribution in [0.1, 0.15) is 50.9 Å². The lowest BCUT2D eigenvalue weighted by molar-refractivity contribution is -0.136. The number of ether oxygens (including phenoxy) is 1. The summed E-state index contributed by atoms with van der Waals surface area (Å²) in [6, 6.07) is 6.20. The van der Waals surface area contributed by atoms with E-state index in [9.17, 15) is 9.59 Å². The van der Waals surface area contributed by atoms with E-state index in [4.69, 9.17) is 16.3 Å². The molecule has 0 aromatic heterocycles. The van der Waals surface area contributed by atoms with Crippen LogP contribution in [-0.2, 0) is 9.53 Å². The van der Waals surface area contributed by atoms with Crippen LogP contribution in [0.4, 0.5) is 0 Å². The van der Waals surface area contributed by atoms with Crippen molar-refractivity contribution in [3.05, 3.63) is 34.9 Å². The molecule has 0 radical (unpaired) electrons. The van der Waals surface area contributed by atoms with Crippen LogP contribution in [-0.4, -0.2) is 72.6 Å². The fourth-order valence-corrected chi connectivity index (χ4v) is 4.80. The zero-order valence-corrected chi connectivity index (χ0v) is 19.9. The maximum Gasteiger partial charge on any atom is 0.251 e. The molecule has 31 heavy (non-hydrogen) atoms. The van der Waals surface area contributed by atoms with Crippen molar-refractivity contribution < 1.29 is 14.3 Å². The number of carbonyl (C=O) groups is 2. The average Bonchev–Trinajstić information content (AvgIpc) is 2.71. The summed E-state index contributed by atoms with van der Waals surface area (Å²) in [5.74, 6) is 0.388. The Kier molecular flexibility index (Phi) is 8.36. The predicted molar refractivity (Wildman–Crippen MR) is 123 cm³/mol. The zero-order chi connectivity index (χ0) is 22.5. The van der Waals surface area contributed by atoms with E-state index in [0.29, 0.717) is 16.5 Å². The fraction of sp³-hybridized carbons (Fsp3) is 0.667. The Morgan fingerprint density at radius 1 is 1.10 bits per heavy atom. The SMILES string of the molecule is CC1CN(CC2CCN(C(=O)C(NC(=O)c3ccc(Cl)cc3)C(C)C)CC2)CC(C)O1. The van der Waals surface area contributed by atoms with Crippen molar-refractivity contribution in [2.45, 2.75) is 58.8 Å². The first kappa shape index (κ1) is 24.0. The Labute approximate surface area is 191 Å². The number of hydrogen-bond acceptors (Lipinski definition) is 4. The van der Waals surface area contributed by atoms with Crippen LogP contribution in [0, 0.1) is 11.8 Å². The van der Waals surface area contributed by atoms with Gasteiger partial charge in [-0.3, -0.25) is 14.5 Å². The molecule has 2 aliphatic heterocycles. The number of piperidine rings is 1. The Balaban J connectivity index is 1.52. The summed E-state index contributed by atoms with van der Waals surface area (Å²) in [4.78, 5) is 30.3. The number of nitrogens with one attached hydrogen (secondary N) is 1. The van der Waals surface area contributed by atoms with E-state index in [-0.39, 0.29) is 29.9 Å². The van der Waals surface area contributed by atoms with E-state index >= 15 is 0 Å². The smallest absolute Gasteiger partial charge is 0.251 e. The van der Waals surface area contributed by atoms with Gasteiger partial charge in [0.1, 0.15) is 6.04 Å². The van der Waals surface area contributed by atoms with Crippen molar-refractivity contribution >= 4 is 23.4 Å². The lowest BCUT2D eigenvalue weighted by Crippen LogP contribution is -2.54. The molecule has 3 unspecified atom stereocenters. The fourth-order valence-electron chi connectivity index (χ4n) is 4.67. The first-order valence-electron chi connectivity index (χ1n) is 11.5. The summed E-state index contributed by atoms with van der Waals surface area (Å²) in [6.07, 6.45) is 2.56. The Morgan fingerprint density at radius 2 is 1.68 bits per heavy atom. The molecule has 1 aromatic rings. The monoisotopic (exact) mass is 449 g/mol. The highest BCUT2D eigenvalue weighted by atomic mass is 35.5. The third kappa shape index (κ3) is 6.67. The van der Waals surface area contributed by atoms with Gasteiger partial charge in [-0.15, -0.1) is 0 Å². The molecule has 1 aromatic carbocycles. The summed E-state index contributed by atoms with van der Waals surface area (Å²) in [5, 5.41) is 3.52. The second-order valence-corrected chi connectivity index (χ2v) is 9.88. The molecule has 0 saturated carbocycles. The Morgan fingerprint density at radius 3 is 2.23 bits per heavy atom. The van der Waals surface area contributed by atoms with Gasteiger partial charge in [0.05, 0.1) is 12.2 Å². The molecule has 3 atom stereocenters. The van der Waals surface area contributed by atoms with Crippen molar-refractivity contribution in [3.8, 4) is 0 Å². The number of halogens is 1. The summed E-state index contributed by atoms with van der Waals surface area (Å²) < 4.78 is 5.84. The summed E-state index contributed by atoms with van der Waals surface area (Å²) in [6.45, 7) is 12.7. The Bertz CT molecular complexity index is 737. The number of carbonyl (C=O) groups excluding carboxylic acids is 2. The standard InChI is InChI=1S/C24H36ClN3O3/c1-16(2)22(26-23(29)20-5-7-21(25)8-6-20)24(30)28-11-9-19(10-12-28)15-27-13-17(3)31-18(4)14-27/h5-8,16-19,22H,9-15H2,1-4H3,(H,26,29). The first-order valence-corrected chi connectivity index (χ1v) is 11.8. The quantitative estimate of drug-likeness (QED) is 0.722. The Hall–Kier alpha value is -1.63. The van der Waals surface area contributed by atoms with Gasteiger partial charge < -0.3 is 15.0 Å². The van der Waals surface area contributed by atoms with Crippen LogP contribution in [0.2, 0.25) is 5.02 Å². The molecule has 3 rings (SSSR count). The molecule has 7 heteroatoms. The van der Waals surface area contributed by atoms with E-state index in [0.717, 1.165) is 45.6 Å². The van der Waals surface area contributed by atoms with Crippen molar-refractivity contribution in [3.63, 3.8) is 0 Å². The topological polar surface area (TPSA) is 61.9 Å². The second kappa shape index (κ2) is 10.8. The van der Waals surface area contributed by atoms with E-state index in [1.165, 1.54) is 0 Å². The average molecular weight is 450 g/mol. The summed E-state index contributed by atoms with van der Waals surface area (Å²) >= 11 is 5.91. The minimum Gasteiger partial charge on any atom is -0.373 e. The molecule has 172 valence electrons. The van der Waals surface area contributed by atoms with E-state index in [1.807, 2.05) is 18.7 Å². The molecule has 2 amide bonds. The minimum absolute atomic E-state index is 0.0119. The number of rotatable bonds is 6.